The smallest absolute Gasteiger partial charge is 0.168 e. The summed E-state index contributed by atoms with van der Waals surface area (Å²) >= 11 is 1.73. The van der Waals surface area contributed by atoms with Crippen molar-refractivity contribution in [2.75, 3.05) is 0 Å². The molecule has 3 heterocycles. The summed E-state index contributed by atoms with van der Waals surface area (Å²) in [5.41, 5.74) is 3.95. The minimum Gasteiger partial charge on any atom is -0.467 e. The molecule has 4 rings (SSSR count). The largest absolute Gasteiger partial charge is 0.467 e. The summed E-state index contributed by atoms with van der Waals surface area (Å²) < 4.78 is 7.53. The number of hydrogen-bond acceptors (Lipinski definition) is 4. The summed E-state index contributed by atoms with van der Waals surface area (Å²) in [5.74, 6) is 1.80. The lowest BCUT2D eigenvalue weighted by Gasteiger charge is -2.11. The zero-order valence-corrected chi connectivity index (χ0v) is 13.1. The van der Waals surface area contributed by atoms with Crippen LogP contribution in [-0.4, -0.2) is 19.7 Å². The molecule has 0 spiro atoms. The molecule has 1 aliphatic rings. The van der Waals surface area contributed by atoms with Crippen LogP contribution in [0.5, 0.6) is 0 Å². The van der Waals surface area contributed by atoms with Gasteiger partial charge in [-0.2, -0.15) is 5.10 Å². The van der Waals surface area contributed by atoms with Gasteiger partial charge in [0.15, 0.2) is 5.16 Å². The highest BCUT2D eigenvalue weighted by Crippen LogP contribution is 2.27. The van der Waals surface area contributed by atoms with Gasteiger partial charge in [0.1, 0.15) is 5.76 Å². The third-order valence-electron chi connectivity index (χ3n) is 4.06. The Hall–Kier alpha value is -1.95. The van der Waals surface area contributed by atoms with Crippen molar-refractivity contribution >= 4 is 11.8 Å². The highest BCUT2D eigenvalue weighted by molar-refractivity contribution is 7.98. The van der Waals surface area contributed by atoms with Crippen molar-refractivity contribution in [3.63, 3.8) is 0 Å². The van der Waals surface area contributed by atoms with Crippen LogP contribution in [0.1, 0.15) is 35.6 Å². The minimum absolute atomic E-state index is 0.716. The molecule has 0 saturated heterocycles. The Bertz CT molecular complexity index is 744. The third kappa shape index (κ3) is 2.70. The normalized spacial score (nSPS) is 14.2. The maximum absolute atomic E-state index is 5.41. The first kappa shape index (κ1) is 13.7. The first-order chi connectivity index (χ1) is 10.9. The Morgan fingerprint density at radius 2 is 2.27 bits per heavy atom. The van der Waals surface area contributed by atoms with Crippen LogP contribution < -0.4 is 0 Å². The lowest BCUT2D eigenvalue weighted by atomic mass is 9.96. The molecular formula is C16H18N4OS. The second-order valence-electron chi connectivity index (χ2n) is 5.54. The van der Waals surface area contributed by atoms with E-state index in [-0.39, 0.29) is 0 Å². The Morgan fingerprint density at radius 3 is 3.18 bits per heavy atom. The molecular weight excluding hydrogens is 296 g/mol. The average Bonchev–Trinajstić information content (AvgIpc) is 3.27. The number of aromatic amines is 1. The van der Waals surface area contributed by atoms with Crippen LogP contribution in [0.25, 0.3) is 0 Å². The van der Waals surface area contributed by atoms with E-state index in [2.05, 4.69) is 19.7 Å². The van der Waals surface area contributed by atoms with Gasteiger partial charge in [0.25, 0.3) is 0 Å². The van der Waals surface area contributed by atoms with Crippen LogP contribution in [0, 0.1) is 0 Å². The number of hydrogen-bond donors (Lipinski definition) is 1. The standard InChI is InChI=1S/C16H18N4OS/c1-2-6-14-13(5-1)15(19-18-14)11-22-16-17-7-8-20(16)10-12-4-3-9-21-12/h3-4,7-9H,1-2,5-6,10-11H2,(H,18,19). The molecule has 0 unspecified atom stereocenters. The molecule has 0 aromatic carbocycles. The number of fused-ring (bicyclic) bond motifs is 1. The van der Waals surface area contributed by atoms with Crippen molar-refractivity contribution < 1.29 is 4.42 Å². The van der Waals surface area contributed by atoms with Crippen LogP contribution in [0.2, 0.25) is 0 Å². The molecule has 0 aliphatic heterocycles. The lowest BCUT2D eigenvalue weighted by molar-refractivity contribution is 0.484. The van der Waals surface area contributed by atoms with E-state index in [9.17, 15) is 0 Å². The summed E-state index contributed by atoms with van der Waals surface area (Å²) in [6.07, 6.45) is 10.4. The molecule has 6 heteroatoms. The molecule has 0 fully saturated rings. The number of imidazole rings is 1. The van der Waals surface area contributed by atoms with Crippen molar-refractivity contribution in [2.24, 2.45) is 0 Å². The number of nitrogens with one attached hydrogen (secondary N) is 1. The summed E-state index contributed by atoms with van der Waals surface area (Å²) in [6.45, 7) is 0.716. The van der Waals surface area contributed by atoms with E-state index in [1.54, 1.807) is 18.0 Å². The molecule has 3 aromatic rings. The molecule has 1 aliphatic carbocycles. The van der Waals surface area contributed by atoms with E-state index in [1.807, 2.05) is 24.5 Å². The summed E-state index contributed by atoms with van der Waals surface area (Å²) in [7, 11) is 0. The van der Waals surface area contributed by atoms with Gasteiger partial charge in [0.05, 0.1) is 18.5 Å². The van der Waals surface area contributed by atoms with Crippen LogP contribution in [0.3, 0.4) is 0 Å². The number of aromatic nitrogens is 4. The fourth-order valence-electron chi connectivity index (χ4n) is 2.93. The number of H-pyrrole nitrogens is 1. The summed E-state index contributed by atoms with van der Waals surface area (Å²) in [6, 6.07) is 3.90. The van der Waals surface area contributed by atoms with E-state index in [0.717, 1.165) is 29.5 Å². The fraction of sp³-hybridized carbons (Fsp3) is 0.375. The van der Waals surface area contributed by atoms with Gasteiger partial charge in [0.2, 0.25) is 0 Å². The van der Waals surface area contributed by atoms with Crippen molar-refractivity contribution in [1.29, 1.82) is 0 Å². The maximum atomic E-state index is 5.41. The minimum atomic E-state index is 0.716. The number of thioether (sulfide) groups is 1. The summed E-state index contributed by atoms with van der Waals surface area (Å²) in [4.78, 5) is 4.45. The molecule has 0 atom stereocenters. The first-order valence-corrected chi connectivity index (χ1v) is 8.60. The quantitative estimate of drug-likeness (QED) is 0.733. The van der Waals surface area contributed by atoms with Gasteiger partial charge in [-0.15, -0.1) is 0 Å². The van der Waals surface area contributed by atoms with Crippen molar-refractivity contribution in [3.8, 4) is 0 Å². The van der Waals surface area contributed by atoms with E-state index >= 15 is 0 Å². The van der Waals surface area contributed by atoms with Crippen molar-refractivity contribution in [3.05, 3.63) is 53.5 Å². The second kappa shape index (κ2) is 6.04. The molecule has 114 valence electrons. The third-order valence-corrected chi connectivity index (χ3v) is 5.08. The van der Waals surface area contributed by atoms with Crippen LogP contribution >= 0.6 is 11.8 Å². The predicted molar refractivity (Wildman–Crippen MR) is 84.8 cm³/mol. The van der Waals surface area contributed by atoms with E-state index in [4.69, 9.17) is 4.42 Å². The topological polar surface area (TPSA) is 59.6 Å². The van der Waals surface area contributed by atoms with Crippen molar-refractivity contribution in [1.82, 2.24) is 19.7 Å². The van der Waals surface area contributed by atoms with E-state index < -0.39 is 0 Å². The molecule has 0 bridgehead atoms. The molecule has 0 radical (unpaired) electrons. The number of aryl methyl sites for hydroxylation is 1. The van der Waals surface area contributed by atoms with E-state index in [1.165, 1.54) is 29.8 Å². The van der Waals surface area contributed by atoms with Gasteiger partial charge < -0.3 is 8.98 Å². The molecule has 5 nitrogen and oxygen atoms in total. The Balaban J connectivity index is 1.46. The molecule has 0 amide bonds. The number of furan rings is 1. The fourth-order valence-corrected chi connectivity index (χ4v) is 3.86. The van der Waals surface area contributed by atoms with Gasteiger partial charge in [-0.1, -0.05) is 11.8 Å². The van der Waals surface area contributed by atoms with Gasteiger partial charge in [-0.05, 0) is 43.4 Å². The average molecular weight is 314 g/mol. The van der Waals surface area contributed by atoms with Gasteiger partial charge in [-0.3, -0.25) is 5.10 Å². The predicted octanol–water partition coefficient (Wildman–Crippen LogP) is 3.42. The molecule has 0 saturated carbocycles. The summed E-state index contributed by atoms with van der Waals surface area (Å²) in [5, 5.41) is 8.71. The first-order valence-electron chi connectivity index (χ1n) is 7.61. The maximum Gasteiger partial charge on any atom is 0.168 e. The molecule has 1 N–H and O–H groups in total. The van der Waals surface area contributed by atoms with Crippen molar-refractivity contribution in [2.45, 2.75) is 43.1 Å². The SMILES string of the molecule is c1coc(Cn2ccnc2SCc2n[nH]c3c2CCCC3)c1. The Labute approximate surface area is 133 Å². The zero-order chi connectivity index (χ0) is 14.8. The van der Waals surface area contributed by atoms with E-state index in [0.29, 0.717) is 6.54 Å². The monoisotopic (exact) mass is 314 g/mol. The Kier molecular flexibility index (Phi) is 3.76. The Morgan fingerprint density at radius 1 is 1.32 bits per heavy atom. The number of nitrogens with zero attached hydrogens (tertiary/aromatic N) is 3. The molecule has 22 heavy (non-hydrogen) atoms. The van der Waals surface area contributed by atoms with Crippen LogP contribution in [-0.2, 0) is 25.1 Å². The van der Waals surface area contributed by atoms with Gasteiger partial charge >= 0.3 is 0 Å². The highest BCUT2D eigenvalue weighted by Gasteiger charge is 2.17. The van der Waals surface area contributed by atoms with Gasteiger partial charge in [0, 0.05) is 23.8 Å². The van der Waals surface area contributed by atoms with Crippen LogP contribution in [0.15, 0.2) is 40.4 Å². The van der Waals surface area contributed by atoms with Crippen LogP contribution in [0.4, 0.5) is 0 Å². The zero-order valence-electron chi connectivity index (χ0n) is 12.3. The molecule has 3 aromatic heterocycles. The number of rotatable bonds is 5. The highest BCUT2D eigenvalue weighted by atomic mass is 32.2. The lowest BCUT2D eigenvalue weighted by Crippen LogP contribution is -2.03. The van der Waals surface area contributed by atoms with Gasteiger partial charge in [-0.25, -0.2) is 4.98 Å². The second-order valence-corrected chi connectivity index (χ2v) is 6.48.